The third-order valence-electron chi connectivity index (χ3n) is 4.93. The fourth-order valence-electron chi connectivity index (χ4n) is 3.24. The van der Waals surface area contributed by atoms with Crippen LogP contribution in [0.2, 0.25) is 0 Å². The molecule has 1 heteroatoms. The molecule has 1 radical (unpaired) electrons. The summed E-state index contributed by atoms with van der Waals surface area (Å²) in [6.45, 7) is 6.20. The summed E-state index contributed by atoms with van der Waals surface area (Å²) >= 11 is 2.20. The minimum absolute atomic E-state index is 1.12. The van der Waals surface area contributed by atoms with E-state index in [9.17, 15) is 0 Å². The molecule has 0 unspecified atom stereocenters. The third-order valence-corrected chi connectivity index (χ3v) is 6.09. The number of thioether (sulfide) groups is 1. The molecule has 0 saturated heterocycles. The highest BCUT2D eigenvalue weighted by Crippen LogP contribution is 2.15. The van der Waals surface area contributed by atoms with Crippen molar-refractivity contribution in [2.75, 3.05) is 11.5 Å². The van der Waals surface area contributed by atoms with Gasteiger partial charge in [-0.2, -0.15) is 11.8 Å². The average molecular weight is 356 g/mol. The van der Waals surface area contributed by atoms with E-state index in [1.165, 1.54) is 127 Å². The molecular formula is C23H47S. The molecule has 0 aliphatic heterocycles. The summed E-state index contributed by atoms with van der Waals surface area (Å²) in [5.41, 5.74) is 0. The van der Waals surface area contributed by atoms with Gasteiger partial charge in [0, 0.05) is 0 Å². The van der Waals surface area contributed by atoms with Crippen LogP contribution in [-0.2, 0) is 0 Å². The Morgan fingerprint density at radius 3 is 1.17 bits per heavy atom. The highest BCUT2D eigenvalue weighted by molar-refractivity contribution is 7.99. The predicted octanol–water partition coefficient (Wildman–Crippen LogP) is 8.99. The van der Waals surface area contributed by atoms with Crippen LogP contribution >= 0.6 is 11.8 Å². The molecule has 0 aromatic heterocycles. The zero-order chi connectivity index (χ0) is 17.6. The molecule has 0 aliphatic rings. The molecule has 0 heterocycles. The Morgan fingerprint density at radius 2 is 0.792 bits per heavy atom. The van der Waals surface area contributed by atoms with Crippen molar-refractivity contribution in [3.63, 3.8) is 0 Å². The Balaban J connectivity index is 2.93. The average Bonchev–Trinajstić information content (AvgIpc) is 2.60. The summed E-state index contributed by atoms with van der Waals surface area (Å²) in [4.78, 5) is 0. The van der Waals surface area contributed by atoms with Gasteiger partial charge in [0.15, 0.2) is 0 Å². The van der Waals surface area contributed by atoms with Crippen molar-refractivity contribution in [2.24, 2.45) is 0 Å². The molecular weight excluding hydrogens is 308 g/mol. The van der Waals surface area contributed by atoms with Crippen LogP contribution in [0.25, 0.3) is 0 Å². The monoisotopic (exact) mass is 355 g/mol. The van der Waals surface area contributed by atoms with Crippen molar-refractivity contribution < 1.29 is 0 Å². The number of hydrogen-bond donors (Lipinski definition) is 0. The third kappa shape index (κ3) is 22.4. The van der Waals surface area contributed by atoms with Gasteiger partial charge in [-0.15, -0.1) is 0 Å². The van der Waals surface area contributed by atoms with Crippen LogP contribution in [0.1, 0.15) is 129 Å². The number of rotatable bonds is 21. The number of unbranched alkanes of at least 4 members (excludes halogenated alkanes) is 17. The molecule has 0 N–H and O–H groups in total. The van der Waals surface area contributed by atoms with E-state index in [-0.39, 0.29) is 0 Å². The first-order valence-corrected chi connectivity index (χ1v) is 12.4. The van der Waals surface area contributed by atoms with Gasteiger partial charge < -0.3 is 0 Å². The minimum atomic E-state index is 1.12. The maximum absolute atomic E-state index is 3.90. The topological polar surface area (TPSA) is 0 Å². The number of hydrogen-bond acceptors (Lipinski definition) is 1. The maximum atomic E-state index is 3.90. The van der Waals surface area contributed by atoms with E-state index >= 15 is 0 Å². The van der Waals surface area contributed by atoms with Crippen LogP contribution in [0.4, 0.5) is 0 Å². The molecule has 0 amide bonds. The normalized spacial score (nSPS) is 11.2. The van der Waals surface area contributed by atoms with E-state index < -0.39 is 0 Å². The second-order valence-corrected chi connectivity index (χ2v) is 8.70. The lowest BCUT2D eigenvalue weighted by molar-refractivity contribution is 0.545. The fraction of sp³-hybridized carbons (Fsp3) is 0.957. The molecule has 0 saturated carbocycles. The van der Waals surface area contributed by atoms with Crippen LogP contribution < -0.4 is 0 Å². The van der Waals surface area contributed by atoms with E-state index in [1.807, 2.05) is 0 Å². The molecule has 0 atom stereocenters. The summed E-state index contributed by atoms with van der Waals surface area (Å²) < 4.78 is 0. The SMILES string of the molecule is [CH2]CCCCCCCCCCCCCCSCCCCCCCC. The van der Waals surface area contributed by atoms with E-state index in [0.29, 0.717) is 0 Å². The summed E-state index contributed by atoms with van der Waals surface area (Å²) in [6, 6.07) is 0. The van der Waals surface area contributed by atoms with Crippen molar-refractivity contribution in [3.8, 4) is 0 Å². The standard InChI is InChI=1S/C23H47S/c1-3-5-7-9-11-12-13-14-15-16-17-19-21-23-24-22-20-18-10-8-6-4-2/h1,3-23H2,2H3. The van der Waals surface area contributed by atoms with Crippen molar-refractivity contribution in [1.29, 1.82) is 0 Å². The largest absolute Gasteiger partial charge is 0.162 e. The van der Waals surface area contributed by atoms with Crippen LogP contribution in [-0.4, -0.2) is 11.5 Å². The summed E-state index contributed by atoms with van der Waals surface area (Å²) in [5.74, 6) is 2.81. The van der Waals surface area contributed by atoms with Gasteiger partial charge in [-0.25, -0.2) is 0 Å². The van der Waals surface area contributed by atoms with E-state index in [1.54, 1.807) is 0 Å². The Hall–Kier alpha value is 0.350. The van der Waals surface area contributed by atoms with Crippen LogP contribution in [0.15, 0.2) is 0 Å². The lowest BCUT2D eigenvalue weighted by Crippen LogP contribution is -1.87. The van der Waals surface area contributed by atoms with Crippen LogP contribution in [0.5, 0.6) is 0 Å². The lowest BCUT2D eigenvalue weighted by atomic mass is 10.1. The van der Waals surface area contributed by atoms with Crippen molar-refractivity contribution in [3.05, 3.63) is 6.92 Å². The first-order valence-electron chi connectivity index (χ1n) is 11.3. The molecule has 0 aromatic rings. The zero-order valence-electron chi connectivity index (χ0n) is 17.0. The summed E-state index contributed by atoms with van der Waals surface area (Å²) in [7, 11) is 0. The van der Waals surface area contributed by atoms with Gasteiger partial charge in [-0.05, 0) is 24.3 Å². The lowest BCUT2D eigenvalue weighted by Gasteiger charge is -2.04. The van der Waals surface area contributed by atoms with Gasteiger partial charge in [0.05, 0.1) is 0 Å². The van der Waals surface area contributed by atoms with Gasteiger partial charge in [0.1, 0.15) is 0 Å². The molecule has 0 nitrogen and oxygen atoms in total. The quantitative estimate of drug-likeness (QED) is 0.185. The second kappa shape index (κ2) is 23.4. The highest BCUT2D eigenvalue weighted by Gasteiger charge is 1.95. The van der Waals surface area contributed by atoms with Crippen molar-refractivity contribution in [2.45, 2.75) is 129 Å². The maximum Gasteiger partial charge on any atom is -0.00675 e. The molecule has 24 heavy (non-hydrogen) atoms. The first kappa shape index (κ1) is 24.4. The van der Waals surface area contributed by atoms with E-state index in [4.69, 9.17) is 0 Å². The smallest absolute Gasteiger partial charge is 0.00675 e. The Morgan fingerprint density at radius 1 is 0.458 bits per heavy atom. The molecule has 0 rings (SSSR count). The van der Waals surface area contributed by atoms with Crippen LogP contribution in [0.3, 0.4) is 0 Å². The second-order valence-electron chi connectivity index (χ2n) is 7.48. The van der Waals surface area contributed by atoms with Gasteiger partial charge >= 0.3 is 0 Å². The van der Waals surface area contributed by atoms with Crippen molar-refractivity contribution in [1.82, 2.24) is 0 Å². The van der Waals surface area contributed by atoms with Crippen LogP contribution in [0, 0.1) is 6.92 Å². The molecule has 145 valence electrons. The Labute approximate surface area is 159 Å². The van der Waals surface area contributed by atoms with E-state index in [2.05, 4.69) is 25.6 Å². The Bertz CT molecular complexity index is 180. The molecule has 0 spiro atoms. The van der Waals surface area contributed by atoms with Gasteiger partial charge in [-0.3, -0.25) is 0 Å². The summed E-state index contributed by atoms with van der Waals surface area (Å²) in [5, 5.41) is 0. The predicted molar refractivity (Wildman–Crippen MR) is 116 cm³/mol. The first-order chi connectivity index (χ1) is 11.9. The molecule has 0 fully saturated rings. The molecule has 0 aliphatic carbocycles. The van der Waals surface area contributed by atoms with Gasteiger partial charge in [-0.1, -0.05) is 123 Å². The minimum Gasteiger partial charge on any atom is -0.162 e. The fourth-order valence-corrected chi connectivity index (χ4v) is 4.26. The molecule has 0 aromatic carbocycles. The Kier molecular flexibility index (Phi) is 23.7. The zero-order valence-corrected chi connectivity index (χ0v) is 17.8. The summed E-state index contributed by atoms with van der Waals surface area (Å²) in [6.07, 6.45) is 27.1. The highest BCUT2D eigenvalue weighted by atomic mass is 32.2. The van der Waals surface area contributed by atoms with E-state index in [0.717, 1.165) is 6.42 Å². The van der Waals surface area contributed by atoms with Crippen molar-refractivity contribution >= 4 is 11.8 Å². The van der Waals surface area contributed by atoms with Gasteiger partial charge in [0.2, 0.25) is 0 Å². The van der Waals surface area contributed by atoms with Gasteiger partial charge in [0.25, 0.3) is 0 Å². The molecule has 0 bridgehead atoms.